The summed E-state index contributed by atoms with van der Waals surface area (Å²) in [4.78, 5) is 22.3. The fourth-order valence-electron chi connectivity index (χ4n) is 2.32. The van der Waals surface area contributed by atoms with Gasteiger partial charge >= 0.3 is 0 Å². The minimum atomic E-state index is -0.290. The second-order valence-corrected chi connectivity index (χ2v) is 5.42. The smallest absolute Gasteiger partial charge is 0.246 e. The van der Waals surface area contributed by atoms with Gasteiger partial charge in [-0.3, -0.25) is 9.59 Å². The number of primary amides is 1. The first-order valence-electron chi connectivity index (χ1n) is 8.00. The molecule has 0 spiro atoms. The molecule has 5 nitrogen and oxygen atoms in total. The molecule has 2 rings (SSSR count). The summed E-state index contributed by atoms with van der Waals surface area (Å²) in [5, 5.41) is 4.79. The van der Waals surface area contributed by atoms with Crippen LogP contribution < -0.4 is 15.8 Å². The topological polar surface area (TPSA) is 81.4 Å². The van der Waals surface area contributed by atoms with E-state index in [-0.39, 0.29) is 18.5 Å². The third-order valence-electron chi connectivity index (χ3n) is 3.54. The lowest BCUT2D eigenvalue weighted by atomic mass is 10.1. The maximum absolute atomic E-state index is 11.7. The Labute approximate surface area is 141 Å². The quantitative estimate of drug-likeness (QED) is 0.422. The van der Waals surface area contributed by atoms with Gasteiger partial charge in [-0.15, -0.1) is 0 Å². The molecule has 2 amide bonds. The number of benzene rings is 2. The lowest BCUT2D eigenvalue weighted by molar-refractivity contribution is -0.118. The van der Waals surface area contributed by atoms with Gasteiger partial charge in [0.1, 0.15) is 5.75 Å². The molecule has 0 atom stereocenters. The Morgan fingerprint density at radius 3 is 2.71 bits per heavy atom. The zero-order valence-corrected chi connectivity index (χ0v) is 13.5. The predicted octanol–water partition coefficient (Wildman–Crippen LogP) is 2.89. The van der Waals surface area contributed by atoms with Gasteiger partial charge < -0.3 is 15.8 Å². The first kappa shape index (κ1) is 17.5. The van der Waals surface area contributed by atoms with E-state index in [1.54, 1.807) is 6.08 Å². The molecule has 126 valence electrons. The van der Waals surface area contributed by atoms with Gasteiger partial charge in [0.25, 0.3) is 0 Å². The maximum atomic E-state index is 11.7. The van der Waals surface area contributed by atoms with Crippen molar-refractivity contribution in [2.45, 2.75) is 25.7 Å². The number of unbranched alkanes of at least 4 members (excludes halogenated alkanes) is 2. The highest BCUT2D eigenvalue weighted by Crippen LogP contribution is 2.24. The van der Waals surface area contributed by atoms with E-state index in [4.69, 9.17) is 10.5 Å². The number of fused-ring (bicyclic) bond motifs is 1. The lowest BCUT2D eigenvalue weighted by Gasteiger charge is -2.09. The number of hydrogen-bond acceptors (Lipinski definition) is 3. The molecule has 3 N–H and O–H groups in total. The first-order chi connectivity index (χ1) is 11.7. The van der Waals surface area contributed by atoms with Gasteiger partial charge in [-0.1, -0.05) is 42.5 Å². The molecule has 5 heteroatoms. The molecule has 0 saturated carbocycles. The number of carbonyl (C=O) groups excluding carboxylic acids is 2. The average molecular weight is 326 g/mol. The molecule has 0 aliphatic carbocycles. The van der Waals surface area contributed by atoms with E-state index in [0.717, 1.165) is 35.8 Å². The van der Waals surface area contributed by atoms with Crippen LogP contribution in [0, 0.1) is 0 Å². The Bertz CT molecular complexity index is 720. The van der Waals surface area contributed by atoms with Crippen LogP contribution in [0.3, 0.4) is 0 Å². The molecular weight excluding hydrogens is 304 g/mol. The minimum Gasteiger partial charge on any atom is -0.473 e. The van der Waals surface area contributed by atoms with Crippen LogP contribution in [0.15, 0.2) is 54.6 Å². The van der Waals surface area contributed by atoms with Crippen LogP contribution in [-0.2, 0) is 9.59 Å². The predicted molar refractivity (Wildman–Crippen MR) is 94.4 cm³/mol. The van der Waals surface area contributed by atoms with Gasteiger partial charge in [0.15, 0.2) is 6.73 Å². The highest BCUT2D eigenvalue weighted by atomic mass is 16.5. The maximum Gasteiger partial charge on any atom is 0.246 e. The van der Waals surface area contributed by atoms with Gasteiger partial charge in [0.2, 0.25) is 11.8 Å². The Balaban J connectivity index is 1.71. The van der Waals surface area contributed by atoms with Crippen LogP contribution in [0.4, 0.5) is 0 Å². The van der Waals surface area contributed by atoms with Crippen LogP contribution in [0.2, 0.25) is 0 Å². The van der Waals surface area contributed by atoms with E-state index in [1.165, 1.54) is 6.08 Å². The molecule has 0 saturated heterocycles. The molecule has 0 radical (unpaired) electrons. The van der Waals surface area contributed by atoms with E-state index in [9.17, 15) is 9.59 Å². The van der Waals surface area contributed by atoms with Crippen molar-refractivity contribution in [3.63, 3.8) is 0 Å². The Morgan fingerprint density at radius 1 is 1.08 bits per heavy atom. The van der Waals surface area contributed by atoms with Gasteiger partial charge in [0.05, 0.1) is 0 Å². The van der Waals surface area contributed by atoms with E-state index in [1.807, 2.05) is 42.5 Å². The zero-order valence-electron chi connectivity index (χ0n) is 13.5. The van der Waals surface area contributed by atoms with Gasteiger partial charge in [0, 0.05) is 11.8 Å². The summed E-state index contributed by atoms with van der Waals surface area (Å²) < 4.78 is 5.64. The van der Waals surface area contributed by atoms with E-state index < -0.39 is 0 Å². The number of allylic oxidation sites excluding steroid dienone is 1. The number of hydrogen-bond donors (Lipinski definition) is 2. The van der Waals surface area contributed by atoms with Crippen LogP contribution >= 0.6 is 0 Å². The zero-order chi connectivity index (χ0) is 17.2. The number of ether oxygens (including phenoxy) is 1. The van der Waals surface area contributed by atoms with Gasteiger partial charge in [-0.25, -0.2) is 0 Å². The monoisotopic (exact) mass is 326 g/mol. The molecule has 0 bridgehead atoms. The third kappa shape index (κ3) is 5.76. The summed E-state index contributed by atoms with van der Waals surface area (Å²) in [6.45, 7) is 0.110. The molecular formula is C19H22N2O3. The van der Waals surface area contributed by atoms with Crippen LogP contribution in [0.5, 0.6) is 5.75 Å². The van der Waals surface area contributed by atoms with Crippen LogP contribution in [-0.4, -0.2) is 18.5 Å². The summed E-state index contributed by atoms with van der Waals surface area (Å²) in [6.07, 6.45) is 5.97. The van der Waals surface area contributed by atoms with Crippen molar-refractivity contribution in [3.05, 3.63) is 54.6 Å². The molecule has 0 aromatic heterocycles. The molecule has 0 heterocycles. The molecule has 0 fully saturated rings. The standard InChI is InChI=1S/C19H22N2O3/c20-18(22)12-3-1-2-4-13-19(23)21-14-24-17-11-7-9-15-8-5-6-10-16(15)17/h4-11,13H,1-3,12,14H2,(H2,20,22)(H,21,23). The summed E-state index contributed by atoms with van der Waals surface area (Å²) in [5.41, 5.74) is 5.06. The van der Waals surface area contributed by atoms with Gasteiger partial charge in [-0.2, -0.15) is 0 Å². The van der Waals surface area contributed by atoms with Crippen molar-refractivity contribution in [1.29, 1.82) is 0 Å². The van der Waals surface area contributed by atoms with E-state index in [0.29, 0.717) is 6.42 Å². The molecule has 2 aromatic rings. The van der Waals surface area contributed by atoms with E-state index >= 15 is 0 Å². The van der Waals surface area contributed by atoms with Crippen molar-refractivity contribution >= 4 is 22.6 Å². The second kappa shape index (κ2) is 9.35. The number of nitrogens with one attached hydrogen (secondary N) is 1. The highest BCUT2D eigenvalue weighted by molar-refractivity contribution is 5.88. The number of amides is 2. The highest BCUT2D eigenvalue weighted by Gasteiger charge is 2.01. The molecule has 24 heavy (non-hydrogen) atoms. The normalized spacial score (nSPS) is 10.8. The molecule has 2 aromatic carbocycles. The molecule has 0 aliphatic rings. The van der Waals surface area contributed by atoms with Crippen molar-refractivity contribution < 1.29 is 14.3 Å². The summed E-state index contributed by atoms with van der Waals surface area (Å²) >= 11 is 0. The summed E-state index contributed by atoms with van der Waals surface area (Å²) in [7, 11) is 0. The largest absolute Gasteiger partial charge is 0.473 e. The van der Waals surface area contributed by atoms with Crippen LogP contribution in [0.25, 0.3) is 10.8 Å². The summed E-state index contributed by atoms with van der Waals surface area (Å²) in [5.74, 6) is 0.247. The third-order valence-corrected chi connectivity index (χ3v) is 3.54. The Morgan fingerprint density at radius 2 is 1.88 bits per heavy atom. The van der Waals surface area contributed by atoms with Crippen molar-refractivity contribution in [2.24, 2.45) is 5.73 Å². The van der Waals surface area contributed by atoms with Crippen molar-refractivity contribution in [1.82, 2.24) is 5.32 Å². The van der Waals surface area contributed by atoms with Crippen molar-refractivity contribution in [2.75, 3.05) is 6.73 Å². The first-order valence-corrected chi connectivity index (χ1v) is 8.00. The van der Waals surface area contributed by atoms with Crippen LogP contribution in [0.1, 0.15) is 25.7 Å². The Kier molecular flexibility index (Phi) is 6.83. The van der Waals surface area contributed by atoms with E-state index in [2.05, 4.69) is 5.32 Å². The van der Waals surface area contributed by atoms with Crippen molar-refractivity contribution in [3.8, 4) is 5.75 Å². The fourth-order valence-corrected chi connectivity index (χ4v) is 2.32. The second-order valence-electron chi connectivity index (χ2n) is 5.42. The van der Waals surface area contributed by atoms with Gasteiger partial charge in [-0.05, 0) is 36.8 Å². The average Bonchev–Trinajstić information content (AvgIpc) is 2.58. The summed E-state index contributed by atoms with van der Waals surface area (Å²) in [6, 6.07) is 13.7. The fraction of sp³-hybridized carbons (Fsp3) is 0.263. The molecule has 0 unspecified atom stereocenters. The number of nitrogens with two attached hydrogens (primary N) is 1. The minimum absolute atomic E-state index is 0.110. The number of rotatable bonds is 9. The SMILES string of the molecule is NC(=O)CCCCC=CC(=O)NCOc1cccc2ccccc12. The Hall–Kier alpha value is -2.82. The number of carbonyl (C=O) groups is 2. The lowest BCUT2D eigenvalue weighted by Crippen LogP contribution is -2.25. The molecule has 0 aliphatic heterocycles.